The summed E-state index contributed by atoms with van der Waals surface area (Å²) < 4.78 is 0. The number of thioether (sulfide) groups is 1. The molecule has 7 atom stereocenters. The number of aromatic amines is 1. The summed E-state index contributed by atoms with van der Waals surface area (Å²) in [7, 11) is 0. The van der Waals surface area contributed by atoms with Crippen LogP contribution in [0, 0.1) is 29.6 Å². The largest absolute Gasteiger partial charge is 0.325 e. The number of hydrogen-bond donors (Lipinski definition) is 2. The van der Waals surface area contributed by atoms with Crippen molar-refractivity contribution in [3.63, 3.8) is 0 Å². The van der Waals surface area contributed by atoms with Crippen LogP contribution in [-0.2, 0) is 14.4 Å². The van der Waals surface area contributed by atoms with E-state index in [0.29, 0.717) is 5.69 Å². The predicted octanol–water partition coefficient (Wildman–Crippen LogP) is 3.55. The van der Waals surface area contributed by atoms with E-state index in [1.807, 2.05) is 36.4 Å². The molecule has 2 bridgehead atoms. The Hall–Kier alpha value is -3.17. The van der Waals surface area contributed by atoms with E-state index in [9.17, 15) is 19.2 Å². The number of imide groups is 1. The number of rotatable bonds is 4. The fourth-order valence-electron chi connectivity index (χ4n) is 7.13. The third-order valence-corrected chi connectivity index (χ3v) is 10.9. The number of nitrogens with zero attached hydrogens (tertiary/aromatic N) is 1. The number of hydrogen-bond acceptors (Lipinski definition) is 6. The van der Waals surface area contributed by atoms with Crippen molar-refractivity contribution in [2.75, 3.05) is 11.9 Å². The molecule has 7 rings (SSSR count). The van der Waals surface area contributed by atoms with Gasteiger partial charge in [0.25, 0.3) is 0 Å². The molecule has 3 heterocycles. The maximum atomic E-state index is 13.6. The fourth-order valence-corrected chi connectivity index (χ4v) is 10.0. The molecule has 2 N–H and O–H groups in total. The van der Waals surface area contributed by atoms with E-state index in [1.54, 1.807) is 23.9 Å². The third kappa shape index (κ3) is 3.18. The van der Waals surface area contributed by atoms with Crippen molar-refractivity contribution >= 4 is 46.5 Å². The molecule has 2 aromatic carbocycles. The van der Waals surface area contributed by atoms with Gasteiger partial charge in [-0.3, -0.25) is 24.1 Å². The van der Waals surface area contributed by atoms with E-state index in [1.165, 1.54) is 16.2 Å². The molecule has 2 saturated carbocycles. The third-order valence-electron chi connectivity index (χ3n) is 8.33. The highest BCUT2D eigenvalue weighted by Crippen LogP contribution is 2.68. The number of carbonyl (C=O) groups is 3. The van der Waals surface area contributed by atoms with Crippen LogP contribution >= 0.6 is 23.1 Å². The predicted molar refractivity (Wildman–Crippen MR) is 137 cm³/mol. The number of carbonyl (C=O) groups excluding carboxylic acids is 3. The van der Waals surface area contributed by atoms with E-state index in [2.05, 4.69) is 22.4 Å². The van der Waals surface area contributed by atoms with Crippen LogP contribution in [-0.4, -0.2) is 39.4 Å². The highest BCUT2D eigenvalue weighted by Gasteiger charge is 2.69. The lowest BCUT2D eigenvalue weighted by molar-refractivity contribution is -0.143. The minimum Gasteiger partial charge on any atom is -0.325 e. The zero-order valence-corrected chi connectivity index (χ0v) is 20.8. The monoisotopic (exact) mass is 517 g/mol. The number of amides is 3. The number of para-hydroxylation sites is 1. The molecule has 9 heteroatoms. The van der Waals surface area contributed by atoms with Crippen LogP contribution in [0.3, 0.4) is 0 Å². The molecule has 0 radical (unpaired) electrons. The summed E-state index contributed by atoms with van der Waals surface area (Å²) in [5.41, 5.74) is 1.78. The van der Waals surface area contributed by atoms with Gasteiger partial charge in [0.05, 0.1) is 16.9 Å². The lowest BCUT2D eigenvalue weighted by Gasteiger charge is -2.43. The quantitative estimate of drug-likeness (QED) is 0.516. The first-order chi connectivity index (χ1) is 17.5. The summed E-state index contributed by atoms with van der Waals surface area (Å²) in [6, 6.07) is 19.2. The van der Waals surface area contributed by atoms with E-state index in [-0.39, 0.29) is 64.0 Å². The van der Waals surface area contributed by atoms with Crippen LogP contribution < -0.4 is 10.2 Å². The van der Waals surface area contributed by atoms with Gasteiger partial charge in [-0.05, 0) is 41.9 Å². The average molecular weight is 518 g/mol. The molecule has 182 valence electrons. The van der Waals surface area contributed by atoms with Crippen LogP contribution in [0.4, 0.5) is 5.69 Å². The maximum Gasteiger partial charge on any atom is 0.305 e. The Kier molecular flexibility index (Phi) is 5.01. The van der Waals surface area contributed by atoms with Crippen molar-refractivity contribution in [2.24, 2.45) is 29.6 Å². The first-order valence-electron chi connectivity index (χ1n) is 12.2. The van der Waals surface area contributed by atoms with Crippen LogP contribution in [0.1, 0.15) is 22.8 Å². The number of H-pyrrole nitrogens is 1. The second-order valence-corrected chi connectivity index (χ2v) is 12.3. The van der Waals surface area contributed by atoms with Gasteiger partial charge in [0.2, 0.25) is 17.7 Å². The molecular weight excluding hydrogens is 494 g/mol. The van der Waals surface area contributed by atoms with Crippen LogP contribution in [0.15, 0.2) is 70.5 Å². The molecule has 4 aliphatic rings. The van der Waals surface area contributed by atoms with Crippen molar-refractivity contribution in [3.05, 3.63) is 80.8 Å². The van der Waals surface area contributed by atoms with Crippen LogP contribution in [0.2, 0.25) is 0 Å². The first kappa shape index (κ1) is 22.1. The molecule has 1 aromatic heterocycles. The van der Waals surface area contributed by atoms with Gasteiger partial charge in [-0.1, -0.05) is 59.9 Å². The molecule has 0 spiro atoms. The van der Waals surface area contributed by atoms with Crippen molar-refractivity contribution in [2.45, 2.75) is 22.6 Å². The van der Waals surface area contributed by atoms with Crippen molar-refractivity contribution in [1.29, 1.82) is 0 Å². The molecule has 3 aromatic rings. The van der Waals surface area contributed by atoms with Gasteiger partial charge in [-0.15, -0.1) is 11.8 Å². The van der Waals surface area contributed by atoms with Gasteiger partial charge >= 0.3 is 4.87 Å². The number of likely N-dealkylation sites (tertiary alicyclic amines) is 1. The highest BCUT2D eigenvalue weighted by molar-refractivity contribution is 8.00. The topological polar surface area (TPSA) is 99.3 Å². The van der Waals surface area contributed by atoms with Gasteiger partial charge < -0.3 is 10.3 Å². The molecule has 0 unspecified atom stereocenters. The number of fused-ring (bicyclic) bond motifs is 9. The smallest absolute Gasteiger partial charge is 0.305 e. The van der Waals surface area contributed by atoms with E-state index < -0.39 is 5.92 Å². The van der Waals surface area contributed by atoms with E-state index in [4.69, 9.17) is 0 Å². The standard InChI is InChI=1S/C27H23N3O4S2/c31-17(28-14-9-5-2-6-10-14)12-30-25(32)20-15-11-16(21(20)26(30)33)22-19(15)18(13-7-3-1-4-8-13)23-24(35-22)29-27(34)36-23/h1-10,15-16,18-22H,11-12H2,(H,28,31)(H,29,34)/t15-,16+,18+,19+,20+,21+,22-/m0/s1. The Labute approximate surface area is 215 Å². The number of benzene rings is 2. The number of nitrogens with one attached hydrogen (secondary N) is 2. The summed E-state index contributed by atoms with van der Waals surface area (Å²) in [6.07, 6.45) is 0.835. The number of aromatic nitrogens is 1. The van der Waals surface area contributed by atoms with Gasteiger partial charge in [-0.2, -0.15) is 0 Å². The highest BCUT2D eigenvalue weighted by atomic mass is 32.2. The van der Waals surface area contributed by atoms with Gasteiger partial charge in [-0.25, -0.2) is 0 Å². The van der Waals surface area contributed by atoms with Crippen molar-refractivity contribution in [1.82, 2.24) is 9.88 Å². The van der Waals surface area contributed by atoms with Crippen molar-refractivity contribution in [3.8, 4) is 0 Å². The summed E-state index contributed by atoms with van der Waals surface area (Å²) >= 11 is 2.93. The Morgan fingerprint density at radius 1 is 0.944 bits per heavy atom. The maximum absolute atomic E-state index is 13.6. The summed E-state index contributed by atoms with van der Waals surface area (Å²) in [4.78, 5) is 57.3. The SMILES string of the molecule is O=C(CN1C(=O)[C@@H]2[C@H]3C[C@@H]([C@@H]4Sc5[nH]c(=O)sc5[C@H](c5ccccc5)[C@@H]34)[C@H]2C1=O)Nc1ccccc1. The van der Waals surface area contributed by atoms with Gasteiger partial charge in [0.15, 0.2) is 0 Å². The summed E-state index contributed by atoms with van der Waals surface area (Å²) in [5.74, 6) is -1.30. The molecule has 36 heavy (non-hydrogen) atoms. The zero-order valence-electron chi connectivity index (χ0n) is 19.1. The average Bonchev–Trinajstić information content (AvgIpc) is 3.61. The molecule has 1 saturated heterocycles. The molecular formula is C27H23N3O4S2. The van der Waals surface area contributed by atoms with Crippen molar-refractivity contribution < 1.29 is 14.4 Å². The second-order valence-electron chi connectivity index (χ2n) is 10.0. The lowest BCUT2D eigenvalue weighted by atomic mass is 9.68. The minimum absolute atomic E-state index is 0.0191. The Balaban J connectivity index is 1.20. The zero-order chi connectivity index (χ0) is 24.6. The van der Waals surface area contributed by atoms with E-state index >= 15 is 0 Å². The summed E-state index contributed by atoms with van der Waals surface area (Å²) in [5, 5.41) is 3.83. The fraction of sp³-hybridized carbons (Fsp3) is 0.333. The summed E-state index contributed by atoms with van der Waals surface area (Å²) in [6.45, 7) is -0.260. The van der Waals surface area contributed by atoms with Gasteiger partial charge in [0, 0.05) is 21.7 Å². The molecule has 2 aliphatic carbocycles. The minimum atomic E-state index is -0.391. The Morgan fingerprint density at radius 2 is 1.61 bits per heavy atom. The first-order valence-corrected chi connectivity index (χ1v) is 13.9. The lowest BCUT2D eigenvalue weighted by Crippen LogP contribution is -2.42. The van der Waals surface area contributed by atoms with Crippen LogP contribution in [0.5, 0.6) is 0 Å². The Morgan fingerprint density at radius 3 is 2.33 bits per heavy atom. The molecule has 2 aliphatic heterocycles. The second kappa shape index (κ2) is 8.18. The number of thiazole rings is 1. The molecule has 3 amide bonds. The normalized spacial score (nSPS) is 31.8. The Bertz CT molecular complexity index is 1440. The number of anilines is 1. The van der Waals surface area contributed by atoms with Crippen LogP contribution in [0.25, 0.3) is 0 Å². The van der Waals surface area contributed by atoms with E-state index in [0.717, 1.165) is 21.9 Å². The molecule has 7 nitrogen and oxygen atoms in total. The molecule has 3 fully saturated rings. The van der Waals surface area contributed by atoms with Gasteiger partial charge in [0.1, 0.15) is 6.54 Å².